The van der Waals surface area contributed by atoms with E-state index < -0.39 is 0 Å². The summed E-state index contributed by atoms with van der Waals surface area (Å²) < 4.78 is 0. The van der Waals surface area contributed by atoms with Crippen LogP contribution in [0.3, 0.4) is 0 Å². The van der Waals surface area contributed by atoms with Gasteiger partial charge in [0.1, 0.15) is 0 Å². The largest absolute Gasteiger partial charge is 0.396 e. The maximum Gasteiger partial charge on any atom is 0.0445 e. The van der Waals surface area contributed by atoms with Crippen LogP contribution in [0, 0.1) is 0 Å². The molecule has 2 fully saturated rings. The van der Waals surface area contributed by atoms with Gasteiger partial charge in [-0.3, -0.25) is 0 Å². The molecule has 0 aromatic carbocycles. The fraction of sp³-hybridized carbons (Fsp3) is 1.00. The molecule has 2 aliphatic rings. The van der Waals surface area contributed by atoms with Crippen LogP contribution >= 0.6 is 0 Å². The van der Waals surface area contributed by atoms with Crippen LogP contribution in [0.1, 0.15) is 45.4 Å². The van der Waals surface area contributed by atoms with Crippen LogP contribution in [0.25, 0.3) is 0 Å². The van der Waals surface area contributed by atoms with Gasteiger partial charge in [-0.2, -0.15) is 0 Å². The van der Waals surface area contributed by atoms with Gasteiger partial charge in [-0.1, -0.05) is 6.92 Å². The molecule has 3 heteroatoms. The second kappa shape index (κ2) is 5.99. The maximum atomic E-state index is 9.00. The quantitative estimate of drug-likeness (QED) is 0.743. The lowest BCUT2D eigenvalue weighted by atomic mass is 9.96. The minimum absolute atomic E-state index is 0.313. The van der Waals surface area contributed by atoms with E-state index in [0.29, 0.717) is 18.7 Å². The molecule has 0 aromatic heterocycles. The molecule has 0 radical (unpaired) electrons. The molecule has 0 aromatic rings. The molecule has 3 atom stereocenters. The van der Waals surface area contributed by atoms with Gasteiger partial charge in [-0.15, -0.1) is 0 Å². The van der Waals surface area contributed by atoms with E-state index in [4.69, 9.17) is 5.11 Å². The van der Waals surface area contributed by atoms with Gasteiger partial charge in [0.15, 0.2) is 0 Å². The molecule has 0 saturated carbocycles. The first-order valence-corrected chi connectivity index (χ1v) is 6.94. The van der Waals surface area contributed by atoms with Crippen molar-refractivity contribution in [1.82, 2.24) is 10.2 Å². The van der Waals surface area contributed by atoms with Gasteiger partial charge in [0, 0.05) is 24.7 Å². The van der Waals surface area contributed by atoms with Crippen molar-refractivity contribution in [3.8, 4) is 0 Å². The monoisotopic (exact) mass is 226 g/mol. The average molecular weight is 226 g/mol. The predicted molar refractivity (Wildman–Crippen MR) is 66.5 cm³/mol. The molecule has 2 saturated heterocycles. The van der Waals surface area contributed by atoms with E-state index in [1.54, 1.807) is 0 Å². The number of piperidine rings is 1. The molecule has 3 nitrogen and oxygen atoms in total. The minimum Gasteiger partial charge on any atom is -0.396 e. The number of fused-ring (bicyclic) bond motifs is 1. The highest BCUT2D eigenvalue weighted by atomic mass is 16.3. The van der Waals surface area contributed by atoms with Crippen LogP contribution in [0.15, 0.2) is 0 Å². The lowest BCUT2D eigenvalue weighted by Crippen LogP contribution is -2.48. The van der Waals surface area contributed by atoms with Crippen LogP contribution in [-0.4, -0.2) is 47.8 Å². The zero-order valence-electron chi connectivity index (χ0n) is 10.5. The molecular weight excluding hydrogens is 200 g/mol. The molecule has 2 heterocycles. The summed E-state index contributed by atoms with van der Waals surface area (Å²) in [6.45, 7) is 5.12. The Morgan fingerprint density at radius 3 is 3.00 bits per heavy atom. The van der Waals surface area contributed by atoms with Gasteiger partial charge in [-0.25, -0.2) is 0 Å². The van der Waals surface area contributed by atoms with E-state index in [2.05, 4.69) is 17.1 Å². The van der Waals surface area contributed by atoms with E-state index in [0.717, 1.165) is 18.9 Å². The average Bonchev–Trinajstić information content (AvgIpc) is 2.75. The second-order valence-electron chi connectivity index (χ2n) is 5.34. The highest BCUT2D eigenvalue weighted by molar-refractivity contribution is 4.90. The Hall–Kier alpha value is -0.120. The summed E-state index contributed by atoms with van der Waals surface area (Å²) in [7, 11) is 0. The van der Waals surface area contributed by atoms with Gasteiger partial charge in [0.05, 0.1) is 0 Å². The summed E-state index contributed by atoms with van der Waals surface area (Å²) in [6, 6.07) is 2.05. The number of aliphatic hydroxyl groups excluding tert-OH is 1. The van der Waals surface area contributed by atoms with Crippen molar-refractivity contribution in [2.24, 2.45) is 0 Å². The zero-order chi connectivity index (χ0) is 11.4. The third kappa shape index (κ3) is 2.96. The smallest absolute Gasteiger partial charge is 0.0445 e. The normalized spacial score (nSPS) is 32.6. The Morgan fingerprint density at radius 1 is 1.38 bits per heavy atom. The first kappa shape index (κ1) is 12.3. The highest BCUT2D eigenvalue weighted by Gasteiger charge is 2.31. The van der Waals surface area contributed by atoms with Crippen molar-refractivity contribution < 1.29 is 5.11 Å². The summed E-state index contributed by atoms with van der Waals surface area (Å²) in [5, 5.41) is 12.7. The number of hydrogen-bond donors (Lipinski definition) is 2. The molecule has 2 rings (SSSR count). The number of aliphatic hydroxyl groups is 1. The second-order valence-corrected chi connectivity index (χ2v) is 5.34. The van der Waals surface area contributed by atoms with Crippen LogP contribution in [-0.2, 0) is 0 Å². The van der Waals surface area contributed by atoms with Crippen molar-refractivity contribution >= 4 is 0 Å². The molecule has 2 N–H and O–H groups in total. The summed E-state index contributed by atoms with van der Waals surface area (Å²) >= 11 is 0. The van der Waals surface area contributed by atoms with Gasteiger partial charge in [0.25, 0.3) is 0 Å². The maximum absolute atomic E-state index is 9.00. The molecule has 2 aliphatic heterocycles. The van der Waals surface area contributed by atoms with Crippen molar-refractivity contribution in [2.45, 2.75) is 63.6 Å². The molecule has 0 aliphatic carbocycles. The Balaban J connectivity index is 1.77. The Morgan fingerprint density at radius 2 is 2.25 bits per heavy atom. The summed E-state index contributed by atoms with van der Waals surface area (Å²) in [4.78, 5) is 2.66. The van der Waals surface area contributed by atoms with Crippen molar-refractivity contribution in [1.29, 1.82) is 0 Å². The van der Waals surface area contributed by atoms with Gasteiger partial charge in [-0.05, 0) is 51.6 Å². The van der Waals surface area contributed by atoms with Crippen molar-refractivity contribution in [3.05, 3.63) is 0 Å². The third-order valence-electron chi connectivity index (χ3n) is 4.26. The van der Waals surface area contributed by atoms with Gasteiger partial charge in [0.2, 0.25) is 0 Å². The Kier molecular flexibility index (Phi) is 4.62. The molecule has 3 unspecified atom stereocenters. The first-order valence-electron chi connectivity index (χ1n) is 6.94. The SMILES string of the molecule is CCC(CCO)NC1CCN2CCCC2C1. The third-order valence-corrected chi connectivity index (χ3v) is 4.26. The molecule has 0 spiro atoms. The minimum atomic E-state index is 0.313. The predicted octanol–water partition coefficient (Wildman–Crippen LogP) is 1.36. The first-order chi connectivity index (χ1) is 7.83. The lowest BCUT2D eigenvalue weighted by Gasteiger charge is -2.37. The molecule has 0 bridgehead atoms. The molecule has 16 heavy (non-hydrogen) atoms. The van der Waals surface area contributed by atoms with Crippen LogP contribution in [0.2, 0.25) is 0 Å². The summed E-state index contributed by atoms with van der Waals surface area (Å²) in [6.07, 6.45) is 7.44. The number of nitrogens with one attached hydrogen (secondary N) is 1. The lowest BCUT2D eigenvalue weighted by molar-refractivity contribution is 0.155. The standard InChI is InChI=1S/C13H26N2O/c1-2-11(6-9-16)14-12-5-8-15-7-3-4-13(15)10-12/h11-14,16H,2-10H2,1H3. The number of rotatable bonds is 5. The fourth-order valence-electron chi connectivity index (χ4n) is 3.27. The van der Waals surface area contributed by atoms with Crippen molar-refractivity contribution in [2.75, 3.05) is 19.7 Å². The Labute approximate surface area is 99.2 Å². The molecule has 0 amide bonds. The number of hydrogen-bond acceptors (Lipinski definition) is 3. The van der Waals surface area contributed by atoms with E-state index >= 15 is 0 Å². The molecule has 94 valence electrons. The van der Waals surface area contributed by atoms with E-state index in [1.807, 2.05) is 0 Å². The van der Waals surface area contributed by atoms with E-state index in [9.17, 15) is 0 Å². The number of nitrogens with zero attached hydrogens (tertiary/aromatic N) is 1. The van der Waals surface area contributed by atoms with E-state index in [-0.39, 0.29) is 0 Å². The zero-order valence-corrected chi connectivity index (χ0v) is 10.5. The van der Waals surface area contributed by atoms with E-state index in [1.165, 1.54) is 38.8 Å². The van der Waals surface area contributed by atoms with Gasteiger partial charge >= 0.3 is 0 Å². The topological polar surface area (TPSA) is 35.5 Å². The fourth-order valence-corrected chi connectivity index (χ4v) is 3.27. The Bertz CT molecular complexity index is 210. The van der Waals surface area contributed by atoms with Crippen LogP contribution < -0.4 is 5.32 Å². The summed E-state index contributed by atoms with van der Waals surface area (Å²) in [5.41, 5.74) is 0. The van der Waals surface area contributed by atoms with Crippen molar-refractivity contribution in [3.63, 3.8) is 0 Å². The summed E-state index contributed by atoms with van der Waals surface area (Å²) in [5.74, 6) is 0. The highest BCUT2D eigenvalue weighted by Crippen LogP contribution is 2.27. The van der Waals surface area contributed by atoms with Gasteiger partial charge < -0.3 is 15.3 Å². The van der Waals surface area contributed by atoms with Crippen LogP contribution in [0.4, 0.5) is 0 Å². The van der Waals surface area contributed by atoms with Crippen LogP contribution in [0.5, 0.6) is 0 Å². The molecular formula is C13H26N2O.